The maximum atomic E-state index is 13.2. The molecule has 0 amide bonds. The minimum absolute atomic E-state index is 0.0470. The molecule has 0 saturated carbocycles. The van der Waals surface area contributed by atoms with Gasteiger partial charge in [0.05, 0.1) is 19.8 Å². The first-order chi connectivity index (χ1) is 11.8. The highest BCUT2D eigenvalue weighted by molar-refractivity contribution is 7.74. The molecule has 2 atom stereocenters. The summed E-state index contributed by atoms with van der Waals surface area (Å²) >= 11 is 0. The van der Waals surface area contributed by atoms with Crippen LogP contribution < -0.4 is 0 Å². The fourth-order valence-corrected chi connectivity index (χ4v) is 8.02. The van der Waals surface area contributed by atoms with E-state index < -0.39 is 20.4 Å². The quantitative estimate of drug-likeness (QED) is 0.380. The van der Waals surface area contributed by atoms with Gasteiger partial charge >= 0.3 is 7.60 Å². The van der Waals surface area contributed by atoms with Crippen LogP contribution in [0.3, 0.4) is 0 Å². The zero-order valence-corrected chi connectivity index (χ0v) is 17.0. The number of hydrogen-bond acceptors (Lipinski definition) is 7. The molecule has 0 aromatic carbocycles. The zero-order valence-electron chi connectivity index (χ0n) is 15.2. The largest absolute Gasteiger partial charge is 0.343 e. The van der Waals surface area contributed by atoms with Gasteiger partial charge in [0, 0.05) is 31.0 Å². The zero-order chi connectivity index (χ0) is 18.9. The molecule has 1 aromatic rings. The Morgan fingerprint density at radius 2 is 1.72 bits per heavy atom. The number of carbonyl (C=O) groups is 1. The summed E-state index contributed by atoms with van der Waals surface area (Å²) in [6.07, 6.45) is 3.17. The summed E-state index contributed by atoms with van der Waals surface area (Å²) in [5.74, 6) is -0.172. The Morgan fingerprint density at radius 1 is 1.12 bits per heavy atom. The molecule has 0 aliphatic carbocycles. The van der Waals surface area contributed by atoms with E-state index in [-0.39, 0.29) is 38.4 Å². The van der Waals surface area contributed by atoms with Gasteiger partial charge in [0.2, 0.25) is 7.37 Å². The number of aromatic nitrogens is 1. The average Bonchev–Trinajstić information content (AvgIpc) is 2.55. The van der Waals surface area contributed by atoms with Gasteiger partial charge in [0.15, 0.2) is 5.78 Å². The highest BCUT2D eigenvalue weighted by Crippen LogP contribution is 2.69. The van der Waals surface area contributed by atoms with Gasteiger partial charge in [-0.2, -0.15) is 0 Å². The molecule has 142 valence electrons. The molecule has 9 heteroatoms. The van der Waals surface area contributed by atoms with Crippen molar-refractivity contribution < 1.29 is 27.5 Å². The molecule has 1 heterocycles. The van der Waals surface area contributed by atoms with Crippen LogP contribution >= 0.6 is 15.0 Å². The molecule has 0 spiro atoms. The Bertz CT molecular complexity index is 627. The first-order valence-corrected chi connectivity index (χ1v) is 12.1. The third-order valence-electron chi connectivity index (χ3n) is 3.52. The fraction of sp³-hybridized carbons (Fsp3) is 0.625. The summed E-state index contributed by atoms with van der Waals surface area (Å²) in [5, 5.41) is -0.986. The van der Waals surface area contributed by atoms with Crippen molar-refractivity contribution >= 4 is 20.7 Å². The molecule has 1 aromatic heterocycles. The Hall–Kier alpha value is -0.840. The van der Waals surface area contributed by atoms with Crippen molar-refractivity contribution in [2.24, 2.45) is 0 Å². The molecule has 0 bridgehead atoms. The monoisotopic (exact) mass is 391 g/mol. The predicted molar refractivity (Wildman–Crippen MR) is 97.6 cm³/mol. The summed E-state index contributed by atoms with van der Waals surface area (Å²) in [4.78, 5) is 16.2. The van der Waals surface area contributed by atoms with Crippen LogP contribution in [0.2, 0.25) is 0 Å². The smallest absolute Gasteiger partial charge is 0.328 e. The average molecular weight is 391 g/mol. The van der Waals surface area contributed by atoms with E-state index in [1.54, 1.807) is 39.1 Å². The minimum atomic E-state index is -3.68. The second-order valence-electron chi connectivity index (χ2n) is 5.39. The van der Waals surface area contributed by atoms with E-state index in [0.29, 0.717) is 5.56 Å². The molecule has 0 aliphatic rings. The lowest BCUT2D eigenvalue weighted by Crippen LogP contribution is -2.17. The minimum Gasteiger partial charge on any atom is -0.328 e. The third-order valence-corrected chi connectivity index (χ3v) is 9.97. The number of ketones is 1. The van der Waals surface area contributed by atoms with Crippen molar-refractivity contribution in [3.05, 3.63) is 30.1 Å². The van der Waals surface area contributed by atoms with E-state index in [1.165, 1.54) is 12.9 Å². The van der Waals surface area contributed by atoms with Crippen molar-refractivity contribution in [2.75, 3.05) is 26.5 Å². The molecule has 0 aliphatic heterocycles. The number of nitrogens with zero attached hydrogens (tertiary/aromatic N) is 1. The standard InChI is InChI=1S/C16H27NO6P2/c1-5-21-24(4,19)16(25(20,22-6-2)23-7-3)11-10-15(18)14-9-8-12-17-13-14/h8-9,12-13,16H,5-7,10-11H2,1-4H3. The first kappa shape index (κ1) is 22.2. The van der Waals surface area contributed by atoms with E-state index in [4.69, 9.17) is 13.6 Å². The molecule has 0 saturated heterocycles. The molecule has 0 radical (unpaired) electrons. The van der Waals surface area contributed by atoms with Crippen LogP contribution in [0.4, 0.5) is 0 Å². The first-order valence-electron chi connectivity index (χ1n) is 8.34. The molecular weight excluding hydrogens is 364 g/mol. The number of rotatable bonds is 12. The lowest BCUT2D eigenvalue weighted by molar-refractivity contribution is 0.0980. The van der Waals surface area contributed by atoms with Crippen LogP contribution in [-0.2, 0) is 22.7 Å². The number of hydrogen-bond donors (Lipinski definition) is 0. The van der Waals surface area contributed by atoms with Gasteiger partial charge in [-0.15, -0.1) is 0 Å². The third kappa shape index (κ3) is 6.43. The van der Waals surface area contributed by atoms with Crippen LogP contribution in [-0.4, -0.2) is 42.7 Å². The lowest BCUT2D eigenvalue weighted by atomic mass is 10.1. The Balaban J connectivity index is 3.04. The van der Waals surface area contributed by atoms with Crippen LogP contribution in [0.15, 0.2) is 24.5 Å². The SMILES string of the molecule is CCOP(C)(=O)C(CCC(=O)c1cccnc1)P(=O)(OCC)OCC. The topological polar surface area (TPSA) is 91.8 Å². The molecule has 0 N–H and O–H groups in total. The molecule has 0 fully saturated rings. The fourth-order valence-electron chi connectivity index (χ4n) is 2.49. The van der Waals surface area contributed by atoms with Gasteiger partial charge in [0.1, 0.15) is 5.40 Å². The van der Waals surface area contributed by atoms with Gasteiger partial charge in [-0.25, -0.2) is 0 Å². The van der Waals surface area contributed by atoms with Crippen molar-refractivity contribution in [2.45, 2.75) is 39.0 Å². The Kier molecular flexibility index (Phi) is 9.19. The van der Waals surface area contributed by atoms with Gasteiger partial charge in [-0.1, -0.05) is 0 Å². The van der Waals surface area contributed by atoms with E-state index in [0.717, 1.165) is 0 Å². The van der Waals surface area contributed by atoms with Crippen LogP contribution in [0.5, 0.6) is 0 Å². The summed E-state index contributed by atoms with van der Waals surface area (Å²) in [6, 6.07) is 3.32. The van der Waals surface area contributed by atoms with E-state index in [1.807, 2.05) is 0 Å². The Morgan fingerprint density at radius 3 is 2.20 bits per heavy atom. The van der Waals surface area contributed by atoms with Crippen molar-refractivity contribution in [3.63, 3.8) is 0 Å². The highest BCUT2D eigenvalue weighted by Gasteiger charge is 2.46. The highest BCUT2D eigenvalue weighted by atomic mass is 31.2. The Labute approximate surface area is 149 Å². The molecule has 2 unspecified atom stereocenters. The maximum Gasteiger partial charge on any atom is 0.343 e. The van der Waals surface area contributed by atoms with Gasteiger partial charge in [-0.3, -0.25) is 18.9 Å². The number of pyridine rings is 1. The maximum absolute atomic E-state index is 13.2. The number of Topliss-reactive ketones (excluding diaryl/α,β-unsaturated/α-hetero) is 1. The van der Waals surface area contributed by atoms with Gasteiger partial charge < -0.3 is 13.6 Å². The molecule has 1 rings (SSSR count). The summed E-state index contributed by atoms with van der Waals surface area (Å²) in [6.45, 7) is 7.00. The summed E-state index contributed by atoms with van der Waals surface area (Å²) in [5.41, 5.74) is 0.450. The van der Waals surface area contributed by atoms with E-state index in [9.17, 15) is 13.9 Å². The van der Waals surface area contributed by atoms with Crippen LogP contribution in [0.1, 0.15) is 44.0 Å². The summed E-state index contributed by atoms with van der Waals surface area (Å²) < 4.78 is 42.2. The normalized spacial score (nSPS) is 15.5. The van der Waals surface area contributed by atoms with Crippen molar-refractivity contribution in [3.8, 4) is 0 Å². The van der Waals surface area contributed by atoms with Gasteiger partial charge in [-0.05, 0) is 39.3 Å². The van der Waals surface area contributed by atoms with E-state index in [2.05, 4.69) is 4.98 Å². The lowest BCUT2D eigenvalue weighted by Gasteiger charge is -2.30. The predicted octanol–water partition coefficient (Wildman–Crippen LogP) is 4.58. The molecular formula is C16H27NO6P2. The van der Waals surface area contributed by atoms with Crippen molar-refractivity contribution in [1.29, 1.82) is 0 Å². The van der Waals surface area contributed by atoms with Gasteiger partial charge in [0.25, 0.3) is 0 Å². The van der Waals surface area contributed by atoms with Crippen molar-refractivity contribution in [1.82, 2.24) is 4.98 Å². The second-order valence-corrected chi connectivity index (χ2v) is 10.7. The molecule has 25 heavy (non-hydrogen) atoms. The second kappa shape index (κ2) is 10.3. The van der Waals surface area contributed by atoms with Crippen LogP contribution in [0.25, 0.3) is 0 Å². The molecule has 7 nitrogen and oxygen atoms in total. The summed E-state index contributed by atoms with van der Waals surface area (Å²) in [7, 11) is -7.00. The van der Waals surface area contributed by atoms with Crippen LogP contribution in [0, 0.1) is 0 Å². The van der Waals surface area contributed by atoms with E-state index >= 15 is 0 Å². The number of carbonyl (C=O) groups excluding carboxylic acids is 1.